The molecule has 2 aromatic carbocycles. The fourth-order valence-electron chi connectivity index (χ4n) is 2.90. The average Bonchev–Trinajstić information content (AvgIpc) is 2.76. The Morgan fingerprint density at radius 1 is 1.17 bits per heavy atom. The highest BCUT2D eigenvalue weighted by molar-refractivity contribution is 7.80. The second-order valence-electron chi connectivity index (χ2n) is 6.60. The van der Waals surface area contributed by atoms with Crippen LogP contribution in [-0.2, 0) is 22.4 Å². The monoisotopic (exact) mass is 425 g/mol. The predicted molar refractivity (Wildman–Crippen MR) is 122 cm³/mol. The van der Waals surface area contributed by atoms with Crippen molar-refractivity contribution in [2.24, 2.45) is 0 Å². The van der Waals surface area contributed by atoms with Gasteiger partial charge in [-0.05, 0) is 41.7 Å². The SMILES string of the molecule is C#CCOc1ccc(CCNC(=S)C(OC(C)=O)c2ccc(CC)cc2)cc1OC. The van der Waals surface area contributed by atoms with Crippen molar-refractivity contribution in [2.45, 2.75) is 32.8 Å². The number of methoxy groups -OCH3 is 1. The number of carbonyl (C=O) groups excluding carboxylic acids is 1. The Bertz CT molecular complexity index is 902. The van der Waals surface area contributed by atoms with Gasteiger partial charge in [0.25, 0.3) is 0 Å². The minimum atomic E-state index is -0.613. The van der Waals surface area contributed by atoms with Gasteiger partial charge < -0.3 is 19.5 Å². The minimum Gasteiger partial charge on any atom is -0.493 e. The number of esters is 1. The van der Waals surface area contributed by atoms with Crippen LogP contribution in [0.5, 0.6) is 11.5 Å². The number of terminal acetylenes is 1. The molecule has 1 N–H and O–H groups in total. The standard InChI is InChI=1S/C24H27NO4S/c1-5-15-28-21-12-9-19(16-22(21)27-4)13-14-25-24(30)23(29-17(3)26)20-10-7-18(6-2)8-11-20/h1,7-12,16,23H,6,13-15H2,2-4H3,(H,25,30). The summed E-state index contributed by atoms with van der Waals surface area (Å²) in [4.78, 5) is 12.0. The molecule has 0 amide bonds. The van der Waals surface area contributed by atoms with Crippen molar-refractivity contribution in [3.8, 4) is 23.8 Å². The lowest BCUT2D eigenvalue weighted by Gasteiger charge is -2.20. The molecular weight excluding hydrogens is 398 g/mol. The molecule has 0 aromatic heterocycles. The topological polar surface area (TPSA) is 56.8 Å². The molecule has 0 aliphatic carbocycles. The molecule has 158 valence electrons. The average molecular weight is 426 g/mol. The lowest BCUT2D eigenvalue weighted by atomic mass is 10.1. The molecule has 5 nitrogen and oxygen atoms in total. The first-order valence-corrected chi connectivity index (χ1v) is 10.2. The van der Waals surface area contributed by atoms with E-state index in [1.807, 2.05) is 42.5 Å². The first-order chi connectivity index (χ1) is 14.5. The summed E-state index contributed by atoms with van der Waals surface area (Å²) in [6, 6.07) is 13.6. The Hall–Kier alpha value is -3.04. The summed E-state index contributed by atoms with van der Waals surface area (Å²) in [6.45, 7) is 4.24. The molecule has 0 fully saturated rings. The number of hydrogen-bond acceptors (Lipinski definition) is 5. The predicted octanol–water partition coefficient (Wildman–Crippen LogP) is 4.03. The Morgan fingerprint density at radius 3 is 2.47 bits per heavy atom. The third kappa shape index (κ3) is 6.78. The molecule has 6 heteroatoms. The molecular formula is C24H27NO4S. The zero-order chi connectivity index (χ0) is 21.9. The van der Waals surface area contributed by atoms with Crippen molar-refractivity contribution in [1.82, 2.24) is 5.32 Å². The molecule has 0 radical (unpaired) electrons. The number of rotatable bonds is 10. The maximum atomic E-state index is 11.6. The van der Waals surface area contributed by atoms with E-state index in [1.54, 1.807) is 7.11 Å². The van der Waals surface area contributed by atoms with Crippen molar-refractivity contribution in [2.75, 3.05) is 20.3 Å². The largest absolute Gasteiger partial charge is 0.493 e. The smallest absolute Gasteiger partial charge is 0.303 e. The molecule has 0 heterocycles. The lowest BCUT2D eigenvalue weighted by Crippen LogP contribution is -2.31. The third-order valence-corrected chi connectivity index (χ3v) is 4.82. The number of carbonyl (C=O) groups is 1. The van der Waals surface area contributed by atoms with Crippen molar-refractivity contribution in [3.63, 3.8) is 0 Å². The summed E-state index contributed by atoms with van der Waals surface area (Å²) in [5.41, 5.74) is 3.10. The van der Waals surface area contributed by atoms with Gasteiger partial charge in [0.05, 0.1) is 7.11 Å². The van der Waals surface area contributed by atoms with Crippen molar-refractivity contribution >= 4 is 23.2 Å². The quantitative estimate of drug-likeness (QED) is 0.352. The Balaban J connectivity index is 2.01. The molecule has 0 aliphatic heterocycles. The van der Waals surface area contributed by atoms with Gasteiger partial charge in [-0.2, -0.15) is 0 Å². The van der Waals surface area contributed by atoms with Gasteiger partial charge in [-0.25, -0.2) is 0 Å². The van der Waals surface area contributed by atoms with E-state index < -0.39 is 6.10 Å². The van der Waals surface area contributed by atoms with Crippen LogP contribution in [-0.4, -0.2) is 31.2 Å². The van der Waals surface area contributed by atoms with Crippen molar-refractivity contribution in [1.29, 1.82) is 0 Å². The zero-order valence-electron chi connectivity index (χ0n) is 17.6. The first kappa shape index (κ1) is 23.2. The highest BCUT2D eigenvalue weighted by Crippen LogP contribution is 2.28. The van der Waals surface area contributed by atoms with E-state index in [0.717, 1.165) is 17.5 Å². The summed E-state index contributed by atoms with van der Waals surface area (Å²) in [5.74, 6) is 3.28. The Kier molecular flexibility index (Phi) is 9.17. The van der Waals surface area contributed by atoms with Crippen LogP contribution in [0.15, 0.2) is 42.5 Å². The van der Waals surface area contributed by atoms with Crippen LogP contribution in [0.25, 0.3) is 0 Å². The normalized spacial score (nSPS) is 11.1. The van der Waals surface area contributed by atoms with E-state index in [0.29, 0.717) is 29.5 Å². The van der Waals surface area contributed by atoms with Gasteiger partial charge in [-0.3, -0.25) is 4.79 Å². The van der Waals surface area contributed by atoms with E-state index >= 15 is 0 Å². The Labute approximate surface area is 183 Å². The summed E-state index contributed by atoms with van der Waals surface area (Å²) in [6.07, 6.45) is 6.27. The highest BCUT2D eigenvalue weighted by Gasteiger charge is 2.20. The van der Waals surface area contributed by atoms with Crippen LogP contribution in [0, 0.1) is 12.3 Å². The van der Waals surface area contributed by atoms with Crippen LogP contribution in [0.2, 0.25) is 0 Å². The maximum Gasteiger partial charge on any atom is 0.303 e. The van der Waals surface area contributed by atoms with Crippen LogP contribution in [0.4, 0.5) is 0 Å². The van der Waals surface area contributed by atoms with Crippen LogP contribution in [0.1, 0.15) is 36.6 Å². The summed E-state index contributed by atoms with van der Waals surface area (Å²) < 4.78 is 16.3. The second kappa shape index (κ2) is 11.8. The fraction of sp³-hybridized carbons (Fsp3) is 0.333. The van der Waals surface area contributed by atoms with Crippen LogP contribution in [0.3, 0.4) is 0 Å². The molecule has 1 atom stereocenters. The molecule has 1 unspecified atom stereocenters. The van der Waals surface area contributed by atoms with E-state index in [9.17, 15) is 4.79 Å². The molecule has 0 spiro atoms. The molecule has 2 rings (SSSR count). The number of thiocarbonyl (C=S) groups is 1. The third-order valence-electron chi connectivity index (χ3n) is 4.46. The summed E-state index contributed by atoms with van der Waals surface area (Å²) >= 11 is 5.52. The Morgan fingerprint density at radius 2 is 1.87 bits per heavy atom. The van der Waals surface area contributed by atoms with E-state index in [2.05, 4.69) is 18.2 Å². The van der Waals surface area contributed by atoms with E-state index in [4.69, 9.17) is 32.9 Å². The molecule has 0 saturated carbocycles. The van der Waals surface area contributed by atoms with Gasteiger partial charge in [-0.15, -0.1) is 6.42 Å². The molecule has 30 heavy (non-hydrogen) atoms. The number of benzene rings is 2. The fourth-order valence-corrected chi connectivity index (χ4v) is 3.18. The molecule has 0 saturated heterocycles. The number of ether oxygens (including phenoxy) is 3. The number of nitrogens with one attached hydrogen (secondary N) is 1. The van der Waals surface area contributed by atoms with Gasteiger partial charge in [0, 0.05) is 13.5 Å². The second-order valence-corrected chi connectivity index (χ2v) is 7.04. The molecule has 2 aromatic rings. The van der Waals surface area contributed by atoms with Gasteiger partial charge in [0.2, 0.25) is 0 Å². The summed E-state index contributed by atoms with van der Waals surface area (Å²) in [5, 5.41) is 3.21. The van der Waals surface area contributed by atoms with Crippen LogP contribution >= 0.6 is 12.2 Å². The van der Waals surface area contributed by atoms with Crippen molar-refractivity contribution < 1.29 is 19.0 Å². The molecule has 0 bridgehead atoms. The maximum absolute atomic E-state index is 11.6. The van der Waals surface area contributed by atoms with E-state index in [-0.39, 0.29) is 12.6 Å². The van der Waals surface area contributed by atoms with Gasteiger partial charge in [-0.1, -0.05) is 55.4 Å². The zero-order valence-corrected chi connectivity index (χ0v) is 18.4. The number of aryl methyl sites for hydroxylation is 1. The lowest BCUT2D eigenvalue weighted by molar-refractivity contribution is -0.143. The van der Waals surface area contributed by atoms with Gasteiger partial charge in [0.1, 0.15) is 11.6 Å². The highest BCUT2D eigenvalue weighted by atomic mass is 32.1. The van der Waals surface area contributed by atoms with Gasteiger partial charge in [0.15, 0.2) is 17.6 Å². The van der Waals surface area contributed by atoms with Crippen molar-refractivity contribution in [3.05, 3.63) is 59.2 Å². The number of hydrogen-bond donors (Lipinski definition) is 1. The summed E-state index contributed by atoms with van der Waals surface area (Å²) in [7, 11) is 1.59. The first-order valence-electron chi connectivity index (χ1n) is 9.75. The van der Waals surface area contributed by atoms with E-state index in [1.165, 1.54) is 12.5 Å². The molecule has 0 aliphatic rings. The van der Waals surface area contributed by atoms with Crippen LogP contribution < -0.4 is 14.8 Å². The van der Waals surface area contributed by atoms with Gasteiger partial charge >= 0.3 is 5.97 Å². The minimum absolute atomic E-state index is 0.183.